The van der Waals surface area contributed by atoms with E-state index in [0.717, 1.165) is 38.2 Å². The molecule has 1 fully saturated rings. The maximum absolute atomic E-state index is 9.10. The molecule has 1 heterocycles. The van der Waals surface area contributed by atoms with Crippen molar-refractivity contribution in [3.8, 4) is 11.8 Å². The molecule has 0 aromatic heterocycles. The summed E-state index contributed by atoms with van der Waals surface area (Å²) in [6.07, 6.45) is 2.16. The molecule has 0 unspecified atom stereocenters. The van der Waals surface area contributed by atoms with Gasteiger partial charge >= 0.3 is 0 Å². The molecule has 1 aromatic carbocycles. The third kappa shape index (κ3) is 3.46. The van der Waals surface area contributed by atoms with E-state index in [-0.39, 0.29) is 0 Å². The zero-order valence-corrected chi connectivity index (χ0v) is 11.6. The fourth-order valence-electron chi connectivity index (χ4n) is 2.48. The Morgan fingerprint density at radius 3 is 2.79 bits per heavy atom. The Bertz CT molecular complexity index is 462. The van der Waals surface area contributed by atoms with E-state index < -0.39 is 0 Å². The van der Waals surface area contributed by atoms with Crippen LogP contribution in [0.1, 0.15) is 24.0 Å². The summed E-state index contributed by atoms with van der Waals surface area (Å²) in [4.78, 5) is 2.34. The normalized spacial score (nSPS) is 16.3. The van der Waals surface area contributed by atoms with Crippen molar-refractivity contribution in [2.75, 3.05) is 27.4 Å². The van der Waals surface area contributed by atoms with Crippen molar-refractivity contribution in [3.63, 3.8) is 0 Å². The lowest BCUT2D eigenvalue weighted by molar-refractivity contribution is 0.0407. The van der Waals surface area contributed by atoms with Crippen LogP contribution < -0.4 is 4.74 Å². The summed E-state index contributed by atoms with van der Waals surface area (Å²) in [7, 11) is 3.72. The lowest BCUT2D eigenvalue weighted by atomic mass is 10.1. The molecule has 19 heavy (non-hydrogen) atoms. The molecule has 0 bridgehead atoms. The van der Waals surface area contributed by atoms with Crippen molar-refractivity contribution in [1.29, 1.82) is 5.26 Å². The lowest BCUT2D eigenvalue weighted by Crippen LogP contribution is -2.36. The lowest BCUT2D eigenvalue weighted by Gasteiger charge is -2.31. The van der Waals surface area contributed by atoms with Gasteiger partial charge in [0.15, 0.2) is 0 Å². The minimum Gasteiger partial charge on any atom is -0.495 e. The van der Waals surface area contributed by atoms with Gasteiger partial charge in [-0.2, -0.15) is 5.26 Å². The minimum absolute atomic E-state index is 0.571. The van der Waals surface area contributed by atoms with Crippen LogP contribution in [-0.4, -0.2) is 38.3 Å². The Hall–Kier alpha value is -1.57. The van der Waals surface area contributed by atoms with Gasteiger partial charge in [-0.25, -0.2) is 0 Å². The summed E-state index contributed by atoms with van der Waals surface area (Å²) in [6.45, 7) is 2.55. The van der Waals surface area contributed by atoms with Crippen LogP contribution in [0.4, 0.5) is 0 Å². The van der Waals surface area contributed by atoms with Gasteiger partial charge in [-0.15, -0.1) is 0 Å². The molecular weight excluding hydrogens is 240 g/mol. The molecule has 0 N–H and O–H groups in total. The maximum atomic E-state index is 9.10. The highest BCUT2D eigenvalue weighted by atomic mass is 16.5. The Kier molecular flexibility index (Phi) is 4.78. The number of nitrogens with zero attached hydrogens (tertiary/aromatic N) is 2. The predicted molar refractivity (Wildman–Crippen MR) is 73.0 cm³/mol. The number of methoxy groups -OCH3 is 1. The van der Waals surface area contributed by atoms with Crippen LogP contribution in [-0.2, 0) is 11.3 Å². The average molecular weight is 260 g/mol. The second-order valence-electron chi connectivity index (χ2n) is 4.91. The molecule has 0 atom stereocenters. The van der Waals surface area contributed by atoms with Gasteiger partial charge in [-0.3, -0.25) is 4.90 Å². The first-order valence-electron chi connectivity index (χ1n) is 6.59. The van der Waals surface area contributed by atoms with Gasteiger partial charge in [0.2, 0.25) is 0 Å². The highest BCUT2D eigenvalue weighted by Crippen LogP contribution is 2.21. The van der Waals surface area contributed by atoms with Gasteiger partial charge in [-0.1, -0.05) is 6.07 Å². The zero-order chi connectivity index (χ0) is 13.7. The molecule has 0 saturated carbocycles. The Morgan fingerprint density at radius 2 is 2.16 bits per heavy atom. The van der Waals surface area contributed by atoms with Crippen LogP contribution in [0.3, 0.4) is 0 Å². The Morgan fingerprint density at radius 1 is 1.42 bits per heavy atom. The van der Waals surface area contributed by atoms with Gasteiger partial charge in [-0.05, 0) is 37.6 Å². The molecule has 1 aliphatic rings. The summed E-state index contributed by atoms with van der Waals surface area (Å²) < 4.78 is 10.5. The van der Waals surface area contributed by atoms with Crippen LogP contribution in [0.5, 0.6) is 5.75 Å². The first-order valence-corrected chi connectivity index (χ1v) is 6.59. The first kappa shape index (κ1) is 13.9. The molecular formula is C15H20N2O2. The number of hydrogen-bond donors (Lipinski definition) is 0. The Labute approximate surface area is 114 Å². The molecule has 1 aliphatic heterocycles. The van der Waals surface area contributed by atoms with Gasteiger partial charge in [0, 0.05) is 25.8 Å². The fraction of sp³-hybridized carbons (Fsp3) is 0.533. The van der Waals surface area contributed by atoms with E-state index in [4.69, 9.17) is 14.7 Å². The van der Waals surface area contributed by atoms with Crippen molar-refractivity contribution in [3.05, 3.63) is 29.3 Å². The van der Waals surface area contributed by atoms with Gasteiger partial charge in [0.25, 0.3) is 0 Å². The van der Waals surface area contributed by atoms with Crippen molar-refractivity contribution in [1.82, 2.24) is 4.90 Å². The summed E-state index contributed by atoms with van der Waals surface area (Å²) in [6, 6.07) is 8.55. The second-order valence-corrected chi connectivity index (χ2v) is 4.91. The molecule has 4 nitrogen and oxygen atoms in total. The topological polar surface area (TPSA) is 45.5 Å². The van der Waals surface area contributed by atoms with Gasteiger partial charge in [0.1, 0.15) is 11.8 Å². The first-order chi connectivity index (χ1) is 9.24. The number of nitriles is 1. The van der Waals surface area contributed by atoms with Crippen molar-refractivity contribution < 1.29 is 9.47 Å². The van der Waals surface area contributed by atoms with Crippen LogP contribution >= 0.6 is 0 Å². The SMILES string of the molecule is COc1ccc(CN(C)C2CCOCC2)cc1C#N. The van der Waals surface area contributed by atoms with E-state index in [2.05, 4.69) is 18.0 Å². The highest BCUT2D eigenvalue weighted by molar-refractivity contribution is 5.45. The van der Waals surface area contributed by atoms with E-state index in [1.807, 2.05) is 18.2 Å². The summed E-state index contributed by atoms with van der Waals surface area (Å²) >= 11 is 0. The fourth-order valence-corrected chi connectivity index (χ4v) is 2.48. The molecule has 0 aliphatic carbocycles. The standard InChI is InChI=1S/C15H20N2O2/c1-17(14-5-7-19-8-6-14)11-12-3-4-15(18-2)13(9-12)10-16/h3-4,9,14H,5-8,11H2,1-2H3. The maximum Gasteiger partial charge on any atom is 0.136 e. The summed E-state index contributed by atoms with van der Waals surface area (Å²) in [5.74, 6) is 0.639. The predicted octanol–water partition coefficient (Wildman–Crippen LogP) is 2.18. The number of rotatable bonds is 4. The molecule has 0 amide bonds. The van der Waals surface area contributed by atoms with Crippen molar-refractivity contribution >= 4 is 0 Å². The summed E-state index contributed by atoms with van der Waals surface area (Å²) in [5.41, 5.74) is 1.74. The number of benzene rings is 1. The molecule has 1 saturated heterocycles. The molecule has 4 heteroatoms. The van der Waals surface area contributed by atoms with Crippen molar-refractivity contribution in [2.24, 2.45) is 0 Å². The van der Waals surface area contributed by atoms with E-state index in [9.17, 15) is 0 Å². The smallest absolute Gasteiger partial charge is 0.136 e. The zero-order valence-electron chi connectivity index (χ0n) is 11.6. The average Bonchev–Trinajstić information content (AvgIpc) is 2.48. The summed E-state index contributed by atoms with van der Waals surface area (Å²) in [5, 5.41) is 9.10. The molecule has 1 aromatic rings. The third-order valence-electron chi connectivity index (χ3n) is 3.63. The monoisotopic (exact) mass is 260 g/mol. The number of ether oxygens (including phenoxy) is 2. The molecule has 0 spiro atoms. The quantitative estimate of drug-likeness (QED) is 0.832. The van der Waals surface area contributed by atoms with E-state index in [1.165, 1.54) is 0 Å². The Balaban J connectivity index is 2.04. The van der Waals surface area contributed by atoms with Crippen LogP contribution in [0.2, 0.25) is 0 Å². The van der Waals surface area contributed by atoms with Gasteiger partial charge < -0.3 is 9.47 Å². The minimum atomic E-state index is 0.571. The van der Waals surface area contributed by atoms with E-state index in [0.29, 0.717) is 17.4 Å². The van der Waals surface area contributed by atoms with E-state index in [1.54, 1.807) is 7.11 Å². The highest BCUT2D eigenvalue weighted by Gasteiger charge is 2.18. The number of hydrogen-bond acceptors (Lipinski definition) is 4. The van der Waals surface area contributed by atoms with Crippen molar-refractivity contribution in [2.45, 2.75) is 25.4 Å². The van der Waals surface area contributed by atoms with Crippen LogP contribution in [0, 0.1) is 11.3 Å². The molecule has 0 radical (unpaired) electrons. The van der Waals surface area contributed by atoms with Crippen LogP contribution in [0.25, 0.3) is 0 Å². The van der Waals surface area contributed by atoms with E-state index >= 15 is 0 Å². The van der Waals surface area contributed by atoms with Crippen LogP contribution in [0.15, 0.2) is 18.2 Å². The molecule has 102 valence electrons. The second kappa shape index (κ2) is 6.55. The third-order valence-corrected chi connectivity index (χ3v) is 3.63. The molecule has 2 rings (SSSR count). The largest absolute Gasteiger partial charge is 0.495 e. The van der Waals surface area contributed by atoms with Gasteiger partial charge in [0.05, 0.1) is 12.7 Å².